The lowest BCUT2D eigenvalue weighted by atomic mass is 9.99. The van der Waals surface area contributed by atoms with Crippen LogP contribution in [0.5, 0.6) is 0 Å². The average molecular weight is 324 g/mol. The molecule has 0 aliphatic heterocycles. The molecule has 25 heavy (non-hydrogen) atoms. The van der Waals surface area contributed by atoms with Gasteiger partial charge in [0.25, 0.3) is 0 Å². The zero-order valence-electron chi connectivity index (χ0n) is 14.2. The number of aliphatic hydroxyl groups excluding tert-OH is 1. The second kappa shape index (κ2) is 8.15. The Balaban J connectivity index is 1.98. The molecule has 3 aromatic rings. The Hall–Kier alpha value is -3.08. The van der Waals surface area contributed by atoms with E-state index < -0.39 is 6.10 Å². The van der Waals surface area contributed by atoms with Crippen molar-refractivity contribution in [3.63, 3.8) is 0 Å². The highest BCUT2D eigenvalue weighted by Gasteiger charge is 2.11. The van der Waals surface area contributed by atoms with Crippen LogP contribution >= 0.6 is 0 Å². The van der Waals surface area contributed by atoms with Crippen molar-refractivity contribution >= 4 is 6.08 Å². The molecule has 0 bridgehead atoms. The second-order valence-corrected chi connectivity index (χ2v) is 5.94. The van der Waals surface area contributed by atoms with E-state index >= 15 is 0 Å². The first-order valence-corrected chi connectivity index (χ1v) is 8.31. The first-order valence-electron chi connectivity index (χ1n) is 8.31. The molecule has 0 aliphatic carbocycles. The normalized spacial score (nSPS) is 12.2. The molecule has 0 aromatic heterocycles. The van der Waals surface area contributed by atoms with E-state index in [0.717, 1.165) is 16.7 Å². The van der Waals surface area contributed by atoms with Gasteiger partial charge < -0.3 is 5.11 Å². The second-order valence-electron chi connectivity index (χ2n) is 5.94. The van der Waals surface area contributed by atoms with Crippen molar-refractivity contribution < 1.29 is 5.11 Å². The number of hydrogen-bond donors (Lipinski definition) is 1. The zero-order valence-corrected chi connectivity index (χ0v) is 14.2. The SMILES string of the molecule is Cc1ccc(C#C/C(=C\c2ccccc2)C(O)c2ccccc2)cc1. The molecule has 0 heterocycles. The lowest BCUT2D eigenvalue weighted by molar-refractivity contribution is 0.222. The molecule has 0 amide bonds. The number of aryl methyl sites for hydroxylation is 1. The van der Waals surface area contributed by atoms with Gasteiger partial charge in [-0.1, -0.05) is 90.2 Å². The molecule has 1 nitrogen and oxygen atoms in total. The summed E-state index contributed by atoms with van der Waals surface area (Å²) in [5.41, 5.74) is 4.67. The van der Waals surface area contributed by atoms with Crippen LogP contribution in [0.3, 0.4) is 0 Å². The van der Waals surface area contributed by atoms with Gasteiger partial charge in [-0.25, -0.2) is 0 Å². The van der Waals surface area contributed by atoms with Gasteiger partial charge in [-0.2, -0.15) is 0 Å². The lowest BCUT2D eigenvalue weighted by Gasteiger charge is -2.11. The van der Waals surface area contributed by atoms with Crippen molar-refractivity contribution in [2.75, 3.05) is 0 Å². The quantitative estimate of drug-likeness (QED) is 0.660. The highest BCUT2D eigenvalue weighted by molar-refractivity contribution is 5.61. The smallest absolute Gasteiger partial charge is 0.112 e. The summed E-state index contributed by atoms with van der Waals surface area (Å²) in [5, 5.41) is 10.8. The summed E-state index contributed by atoms with van der Waals surface area (Å²) in [6.07, 6.45) is 1.19. The molecule has 1 N–H and O–H groups in total. The number of rotatable bonds is 3. The van der Waals surface area contributed by atoms with Crippen LogP contribution in [0.25, 0.3) is 6.08 Å². The molecule has 0 spiro atoms. The van der Waals surface area contributed by atoms with Crippen molar-refractivity contribution in [3.05, 3.63) is 113 Å². The van der Waals surface area contributed by atoms with Gasteiger partial charge in [0.2, 0.25) is 0 Å². The Bertz CT molecular complexity index is 895. The molecule has 0 radical (unpaired) electrons. The molecule has 1 atom stereocenters. The predicted octanol–water partition coefficient (Wildman–Crippen LogP) is 5.16. The maximum absolute atomic E-state index is 10.8. The van der Waals surface area contributed by atoms with E-state index in [-0.39, 0.29) is 0 Å². The summed E-state index contributed by atoms with van der Waals surface area (Å²) in [6, 6.07) is 27.6. The van der Waals surface area contributed by atoms with Crippen LogP contribution in [0.4, 0.5) is 0 Å². The highest BCUT2D eigenvalue weighted by atomic mass is 16.3. The van der Waals surface area contributed by atoms with E-state index in [9.17, 15) is 5.11 Å². The first kappa shape index (κ1) is 16.8. The molecule has 3 rings (SSSR count). The fourth-order valence-corrected chi connectivity index (χ4v) is 2.51. The minimum absolute atomic E-state index is 0.679. The minimum Gasteiger partial charge on any atom is -0.383 e. The van der Waals surface area contributed by atoms with Gasteiger partial charge in [0.1, 0.15) is 6.10 Å². The van der Waals surface area contributed by atoms with Crippen LogP contribution in [0.1, 0.15) is 28.4 Å². The van der Waals surface area contributed by atoms with Crippen molar-refractivity contribution in [2.24, 2.45) is 0 Å². The van der Waals surface area contributed by atoms with E-state index in [1.165, 1.54) is 5.56 Å². The Labute approximate surface area is 149 Å². The van der Waals surface area contributed by atoms with E-state index in [2.05, 4.69) is 18.8 Å². The Kier molecular flexibility index (Phi) is 5.46. The fraction of sp³-hybridized carbons (Fsp3) is 0.0833. The molecular weight excluding hydrogens is 304 g/mol. The molecular formula is C24H20O. The fourth-order valence-electron chi connectivity index (χ4n) is 2.51. The summed E-state index contributed by atoms with van der Waals surface area (Å²) in [5.74, 6) is 6.33. The molecule has 1 heteroatoms. The van der Waals surface area contributed by atoms with Gasteiger partial charge in [0.05, 0.1) is 0 Å². The number of aliphatic hydroxyl groups is 1. The first-order chi connectivity index (χ1) is 12.2. The van der Waals surface area contributed by atoms with Gasteiger partial charge in [0, 0.05) is 11.1 Å². The topological polar surface area (TPSA) is 20.2 Å². The third-order valence-electron chi connectivity index (χ3n) is 3.93. The summed E-state index contributed by atoms with van der Waals surface area (Å²) in [7, 11) is 0. The molecule has 0 saturated carbocycles. The zero-order chi connectivity index (χ0) is 17.5. The van der Waals surface area contributed by atoms with E-state index in [0.29, 0.717) is 5.57 Å². The summed E-state index contributed by atoms with van der Waals surface area (Å²) >= 11 is 0. The highest BCUT2D eigenvalue weighted by Crippen LogP contribution is 2.23. The average Bonchev–Trinajstić information content (AvgIpc) is 2.67. The van der Waals surface area contributed by atoms with Crippen molar-refractivity contribution in [1.29, 1.82) is 0 Å². The lowest BCUT2D eigenvalue weighted by Crippen LogP contribution is -2.00. The van der Waals surface area contributed by atoms with Crippen LogP contribution in [0, 0.1) is 18.8 Å². The van der Waals surface area contributed by atoms with Crippen molar-refractivity contribution in [1.82, 2.24) is 0 Å². The molecule has 1 unspecified atom stereocenters. The third-order valence-corrected chi connectivity index (χ3v) is 3.93. The summed E-state index contributed by atoms with van der Waals surface area (Å²) in [6.45, 7) is 2.05. The third kappa shape index (κ3) is 4.70. The van der Waals surface area contributed by atoms with Crippen molar-refractivity contribution in [2.45, 2.75) is 13.0 Å². The maximum atomic E-state index is 10.8. The molecule has 122 valence electrons. The van der Waals surface area contributed by atoms with Crippen LogP contribution in [0.2, 0.25) is 0 Å². The monoisotopic (exact) mass is 324 g/mol. The van der Waals surface area contributed by atoms with Crippen LogP contribution in [-0.2, 0) is 0 Å². The van der Waals surface area contributed by atoms with E-state index in [1.54, 1.807) is 0 Å². The summed E-state index contributed by atoms with van der Waals surface area (Å²) in [4.78, 5) is 0. The Morgan fingerprint density at radius 1 is 0.840 bits per heavy atom. The molecule has 0 aliphatic rings. The van der Waals surface area contributed by atoms with E-state index in [1.807, 2.05) is 91.0 Å². The number of benzene rings is 3. The van der Waals surface area contributed by atoms with Gasteiger partial charge in [-0.05, 0) is 36.3 Å². The van der Waals surface area contributed by atoms with Gasteiger partial charge in [-0.15, -0.1) is 0 Å². The molecule has 0 fully saturated rings. The predicted molar refractivity (Wildman–Crippen MR) is 104 cm³/mol. The number of hydrogen-bond acceptors (Lipinski definition) is 1. The van der Waals surface area contributed by atoms with Crippen LogP contribution in [0.15, 0.2) is 90.5 Å². The van der Waals surface area contributed by atoms with Crippen LogP contribution < -0.4 is 0 Å². The molecule has 0 saturated heterocycles. The standard InChI is InChI=1S/C24H20O/c1-19-12-14-20(15-13-19)16-17-23(18-21-8-4-2-5-9-21)24(25)22-10-6-3-7-11-22/h2-15,18,24-25H,1H3/b23-18+. The van der Waals surface area contributed by atoms with Gasteiger partial charge in [-0.3, -0.25) is 0 Å². The largest absolute Gasteiger partial charge is 0.383 e. The summed E-state index contributed by atoms with van der Waals surface area (Å²) < 4.78 is 0. The van der Waals surface area contributed by atoms with Crippen molar-refractivity contribution in [3.8, 4) is 11.8 Å². The minimum atomic E-state index is -0.751. The van der Waals surface area contributed by atoms with Gasteiger partial charge >= 0.3 is 0 Å². The Morgan fingerprint density at radius 3 is 2.08 bits per heavy atom. The maximum Gasteiger partial charge on any atom is 0.112 e. The van der Waals surface area contributed by atoms with Gasteiger partial charge in [0.15, 0.2) is 0 Å². The Morgan fingerprint density at radius 2 is 1.44 bits per heavy atom. The van der Waals surface area contributed by atoms with E-state index in [4.69, 9.17) is 0 Å². The van der Waals surface area contributed by atoms with Crippen LogP contribution in [-0.4, -0.2) is 5.11 Å². The molecule has 3 aromatic carbocycles.